The number of ether oxygens (including phenoxy) is 1. The zero-order valence-electron chi connectivity index (χ0n) is 11.6. The van der Waals surface area contributed by atoms with E-state index in [9.17, 15) is 4.79 Å². The number of nitrogens with two attached hydrogens (primary N) is 1. The molecule has 1 heterocycles. The van der Waals surface area contributed by atoms with Crippen molar-refractivity contribution in [1.82, 2.24) is 0 Å². The molecule has 3 N–H and O–H groups in total. The largest absolute Gasteiger partial charge is 0.489 e. The molecule has 1 aliphatic rings. The standard InChI is InChI=1S/C17H17NO3/c18-10-15-7-5-14-9-13(6-8-16(14)21-15)11-1-3-12(4-2-11)17(19)20/h1-4,6,8-9,15H,5,7,10,18H2,(H,19,20)/t15-/m1/s1. The van der Waals surface area contributed by atoms with E-state index < -0.39 is 5.97 Å². The van der Waals surface area contributed by atoms with E-state index in [-0.39, 0.29) is 6.10 Å². The van der Waals surface area contributed by atoms with E-state index in [1.54, 1.807) is 12.1 Å². The Balaban J connectivity index is 1.88. The molecule has 0 amide bonds. The van der Waals surface area contributed by atoms with E-state index >= 15 is 0 Å². The van der Waals surface area contributed by atoms with Crippen molar-refractivity contribution in [3.05, 3.63) is 53.6 Å². The second-order valence-corrected chi connectivity index (χ2v) is 5.22. The van der Waals surface area contributed by atoms with Gasteiger partial charge in [0.05, 0.1) is 5.56 Å². The average molecular weight is 283 g/mol. The Morgan fingerprint density at radius 2 is 1.90 bits per heavy atom. The van der Waals surface area contributed by atoms with Gasteiger partial charge >= 0.3 is 5.97 Å². The highest BCUT2D eigenvalue weighted by atomic mass is 16.5. The molecule has 0 saturated carbocycles. The van der Waals surface area contributed by atoms with Crippen LogP contribution in [0.4, 0.5) is 0 Å². The van der Waals surface area contributed by atoms with Crippen molar-refractivity contribution in [3.8, 4) is 16.9 Å². The van der Waals surface area contributed by atoms with Crippen LogP contribution < -0.4 is 10.5 Å². The van der Waals surface area contributed by atoms with Crippen LogP contribution in [0.1, 0.15) is 22.3 Å². The van der Waals surface area contributed by atoms with Gasteiger partial charge < -0.3 is 15.6 Å². The maximum atomic E-state index is 10.9. The van der Waals surface area contributed by atoms with Crippen molar-refractivity contribution in [2.75, 3.05) is 6.54 Å². The summed E-state index contributed by atoms with van der Waals surface area (Å²) in [4.78, 5) is 10.9. The Labute approximate surface area is 123 Å². The smallest absolute Gasteiger partial charge is 0.335 e. The Kier molecular flexibility index (Phi) is 3.62. The SMILES string of the molecule is NC[C@H]1CCc2cc(-c3ccc(C(=O)O)cc3)ccc2O1. The molecule has 1 atom stereocenters. The molecule has 0 spiro atoms. The summed E-state index contributed by atoms with van der Waals surface area (Å²) in [7, 11) is 0. The van der Waals surface area contributed by atoms with Crippen LogP contribution >= 0.6 is 0 Å². The molecule has 0 aliphatic carbocycles. The van der Waals surface area contributed by atoms with Gasteiger partial charge in [-0.3, -0.25) is 0 Å². The number of rotatable bonds is 3. The van der Waals surface area contributed by atoms with Crippen LogP contribution in [0.25, 0.3) is 11.1 Å². The first kappa shape index (κ1) is 13.6. The van der Waals surface area contributed by atoms with Crippen molar-refractivity contribution in [2.24, 2.45) is 5.73 Å². The minimum Gasteiger partial charge on any atom is -0.489 e. The highest BCUT2D eigenvalue weighted by Gasteiger charge is 2.18. The first-order valence-electron chi connectivity index (χ1n) is 7.01. The lowest BCUT2D eigenvalue weighted by Crippen LogP contribution is -2.30. The predicted molar refractivity (Wildman–Crippen MR) is 80.6 cm³/mol. The third kappa shape index (κ3) is 2.76. The van der Waals surface area contributed by atoms with Crippen LogP contribution in [0.15, 0.2) is 42.5 Å². The molecule has 1 aliphatic heterocycles. The summed E-state index contributed by atoms with van der Waals surface area (Å²) in [5.41, 5.74) is 9.20. The number of aromatic carboxylic acids is 1. The number of carboxylic acids is 1. The minimum atomic E-state index is -0.909. The van der Waals surface area contributed by atoms with Crippen LogP contribution in [0, 0.1) is 0 Å². The molecule has 2 aromatic carbocycles. The van der Waals surface area contributed by atoms with Crippen molar-refractivity contribution in [2.45, 2.75) is 18.9 Å². The van der Waals surface area contributed by atoms with Gasteiger partial charge in [-0.15, -0.1) is 0 Å². The molecule has 0 unspecified atom stereocenters. The Bertz CT molecular complexity index is 664. The lowest BCUT2D eigenvalue weighted by atomic mass is 9.96. The summed E-state index contributed by atoms with van der Waals surface area (Å²) < 4.78 is 5.82. The van der Waals surface area contributed by atoms with Crippen LogP contribution in [-0.2, 0) is 6.42 Å². The van der Waals surface area contributed by atoms with Gasteiger partial charge in [0.2, 0.25) is 0 Å². The molecular weight excluding hydrogens is 266 g/mol. The number of hydrogen-bond donors (Lipinski definition) is 2. The molecule has 108 valence electrons. The normalized spacial score (nSPS) is 16.9. The first-order chi connectivity index (χ1) is 10.2. The lowest BCUT2D eigenvalue weighted by Gasteiger charge is -2.25. The van der Waals surface area contributed by atoms with E-state index in [1.165, 1.54) is 5.56 Å². The summed E-state index contributed by atoms with van der Waals surface area (Å²) in [6.45, 7) is 0.540. The maximum Gasteiger partial charge on any atom is 0.335 e. The molecule has 4 heteroatoms. The average Bonchev–Trinajstić information content (AvgIpc) is 2.54. The summed E-state index contributed by atoms with van der Waals surface area (Å²) in [5.74, 6) is -0.00387. The van der Waals surface area contributed by atoms with E-state index in [2.05, 4.69) is 6.07 Å². The number of carbonyl (C=O) groups is 1. The number of aryl methyl sites for hydroxylation is 1. The van der Waals surface area contributed by atoms with Crippen molar-refractivity contribution >= 4 is 5.97 Å². The van der Waals surface area contributed by atoms with Gasteiger partial charge in [-0.1, -0.05) is 18.2 Å². The highest BCUT2D eigenvalue weighted by Crippen LogP contribution is 2.31. The summed E-state index contributed by atoms with van der Waals surface area (Å²) >= 11 is 0. The van der Waals surface area contributed by atoms with E-state index in [0.717, 1.165) is 29.7 Å². The fraction of sp³-hybridized carbons (Fsp3) is 0.235. The molecule has 4 nitrogen and oxygen atoms in total. The number of fused-ring (bicyclic) bond motifs is 1. The summed E-state index contributed by atoms with van der Waals surface area (Å²) in [6, 6.07) is 13.0. The monoisotopic (exact) mass is 283 g/mol. The summed E-state index contributed by atoms with van der Waals surface area (Å²) in [6.07, 6.45) is 2.00. The summed E-state index contributed by atoms with van der Waals surface area (Å²) in [5, 5.41) is 8.93. The Hall–Kier alpha value is -2.33. The van der Waals surface area contributed by atoms with Crippen LogP contribution in [-0.4, -0.2) is 23.7 Å². The molecule has 2 aromatic rings. The van der Waals surface area contributed by atoms with Crippen molar-refractivity contribution in [1.29, 1.82) is 0 Å². The molecule has 0 fully saturated rings. The third-order valence-corrected chi connectivity index (χ3v) is 3.82. The first-order valence-corrected chi connectivity index (χ1v) is 7.01. The van der Waals surface area contributed by atoms with E-state index in [1.807, 2.05) is 24.3 Å². The predicted octanol–water partition coefficient (Wildman–Crippen LogP) is 2.70. The van der Waals surface area contributed by atoms with Gasteiger partial charge in [-0.2, -0.15) is 0 Å². The number of benzene rings is 2. The van der Waals surface area contributed by atoms with Crippen LogP contribution in [0.2, 0.25) is 0 Å². The Morgan fingerprint density at radius 1 is 1.19 bits per heavy atom. The van der Waals surface area contributed by atoms with Gasteiger partial charge in [-0.25, -0.2) is 4.79 Å². The zero-order chi connectivity index (χ0) is 14.8. The van der Waals surface area contributed by atoms with Gasteiger partial charge in [0.15, 0.2) is 0 Å². The van der Waals surface area contributed by atoms with Gasteiger partial charge in [0.25, 0.3) is 0 Å². The molecule has 0 saturated heterocycles. The van der Waals surface area contributed by atoms with Crippen LogP contribution in [0.3, 0.4) is 0 Å². The molecular formula is C17H17NO3. The lowest BCUT2D eigenvalue weighted by molar-refractivity contribution is 0.0697. The minimum absolute atomic E-state index is 0.109. The number of carboxylic acid groups (broad SMARTS) is 1. The fourth-order valence-electron chi connectivity index (χ4n) is 2.60. The number of hydrogen-bond acceptors (Lipinski definition) is 3. The van der Waals surface area contributed by atoms with Crippen LogP contribution in [0.5, 0.6) is 5.75 Å². The molecule has 3 rings (SSSR count). The van der Waals surface area contributed by atoms with E-state index in [0.29, 0.717) is 12.1 Å². The van der Waals surface area contributed by atoms with E-state index in [4.69, 9.17) is 15.6 Å². The quantitative estimate of drug-likeness (QED) is 0.908. The third-order valence-electron chi connectivity index (χ3n) is 3.82. The second-order valence-electron chi connectivity index (χ2n) is 5.22. The fourth-order valence-corrected chi connectivity index (χ4v) is 2.60. The topological polar surface area (TPSA) is 72.6 Å². The molecule has 0 bridgehead atoms. The zero-order valence-corrected chi connectivity index (χ0v) is 11.6. The van der Waals surface area contributed by atoms with Gasteiger partial charge in [-0.05, 0) is 53.8 Å². The van der Waals surface area contributed by atoms with Gasteiger partial charge in [0.1, 0.15) is 11.9 Å². The Morgan fingerprint density at radius 3 is 2.57 bits per heavy atom. The highest BCUT2D eigenvalue weighted by molar-refractivity contribution is 5.88. The second kappa shape index (κ2) is 5.58. The maximum absolute atomic E-state index is 10.9. The molecule has 0 radical (unpaired) electrons. The van der Waals surface area contributed by atoms with Crippen molar-refractivity contribution in [3.63, 3.8) is 0 Å². The van der Waals surface area contributed by atoms with Crippen molar-refractivity contribution < 1.29 is 14.6 Å². The van der Waals surface area contributed by atoms with Gasteiger partial charge in [0, 0.05) is 6.54 Å². The molecule has 0 aromatic heterocycles. The molecule has 21 heavy (non-hydrogen) atoms.